The minimum absolute atomic E-state index is 0.163. The molecule has 1 heterocycles. The molecule has 1 saturated heterocycles. The van der Waals surface area contributed by atoms with Crippen molar-refractivity contribution in [2.75, 3.05) is 32.3 Å². The van der Waals surface area contributed by atoms with E-state index >= 15 is 0 Å². The summed E-state index contributed by atoms with van der Waals surface area (Å²) in [4.78, 5) is 39.5. The van der Waals surface area contributed by atoms with Gasteiger partial charge in [0, 0.05) is 19.3 Å². The van der Waals surface area contributed by atoms with Crippen LogP contribution in [0.15, 0.2) is 30.3 Å². The molecule has 1 N–H and O–H groups in total. The number of rotatable bonds is 12. The number of benzene rings is 1. The van der Waals surface area contributed by atoms with Crippen LogP contribution in [0.4, 0.5) is 4.79 Å². The summed E-state index contributed by atoms with van der Waals surface area (Å²) in [5.41, 5.74) is 0.456. The number of carbonyl (C=O) groups excluding carboxylic acids is 2. The number of esters is 1. The third-order valence-electron chi connectivity index (χ3n) is 5.97. The number of carboxylic acids is 1. The van der Waals surface area contributed by atoms with Gasteiger partial charge in [-0.1, -0.05) is 30.3 Å². The predicted octanol–water partition coefficient (Wildman–Crippen LogP) is 4.80. The summed E-state index contributed by atoms with van der Waals surface area (Å²) in [6.07, 6.45) is 3.28. The molecule has 2 amide bonds. The third-order valence-corrected chi connectivity index (χ3v) is 8.32. The van der Waals surface area contributed by atoms with Crippen LogP contribution in [0.1, 0.15) is 58.9 Å². The van der Waals surface area contributed by atoms with E-state index in [1.165, 1.54) is 15.4 Å². The molecule has 0 aromatic heterocycles. The lowest BCUT2D eigenvalue weighted by molar-refractivity contribution is -0.159. The van der Waals surface area contributed by atoms with Gasteiger partial charge in [0.2, 0.25) is 7.37 Å². The minimum atomic E-state index is -3.41. The highest BCUT2D eigenvalue weighted by atomic mass is 31.2. The number of unbranched alkanes of at least 4 members (excludes halogenated alkanes) is 1. The maximum atomic E-state index is 13.8. The fourth-order valence-corrected chi connectivity index (χ4v) is 6.03. The van der Waals surface area contributed by atoms with Crippen molar-refractivity contribution < 1.29 is 33.3 Å². The molecule has 0 saturated carbocycles. The maximum Gasteiger partial charge on any atom is 0.326 e. The Kier molecular flexibility index (Phi) is 10.8. The molecule has 0 bridgehead atoms. The lowest BCUT2D eigenvalue weighted by atomic mass is 9.98. The van der Waals surface area contributed by atoms with Crippen molar-refractivity contribution in [2.45, 2.75) is 65.8 Å². The molecular weight excluding hydrogens is 471 g/mol. The summed E-state index contributed by atoms with van der Waals surface area (Å²) in [7, 11) is -3.41. The Bertz CT molecular complexity index is 901. The van der Waals surface area contributed by atoms with Gasteiger partial charge in [-0.25, -0.2) is 9.59 Å². The zero-order chi connectivity index (χ0) is 26.1. The van der Waals surface area contributed by atoms with Crippen molar-refractivity contribution in [3.05, 3.63) is 35.9 Å². The van der Waals surface area contributed by atoms with Gasteiger partial charge in [0.1, 0.15) is 6.04 Å². The van der Waals surface area contributed by atoms with E-state index in [0.717, 1.165) is 12.8 Å². The number of hydrogen-bond acceptors (Lipinski definition) is 6. The first kappa shape index (κ1) is 28.9. The lowest BCUT2D eigenvalue weighted by Crippen LogP contribution is -2.48. The molecule has 1 aromatic carbocycles. The zero-order valence-corrected chi connectivity index (χ0v) is 22.2. The number of amides is 2. The number of urea groups is 1. The summed E-state index contributed by atoms with van der Waals surface area (Å²) in [6.45, 7) is 7.03. The molecule has 0 spiro atoms. The quantitative estimate of drug-likeness (QED) is 0.186. The van der Waals surface area contributed by atoms with E-state index in [0.29, 0.717) is 25.8 Å². The van der Waals surface area contributed by atoms with Crippen molar-refractivity contribution in [1.29, 1.82) is 0 Å². The van der Waals surface area contributed by atoms with Crippen LogP contribution in [0.25, 0.3) is 0 Å². The number of carbonyl (C=O) groups is 3. The van der Waals surface area contributed by atoms with Gasteiger partial charge < -0.3 is 19.6 Å². The number of hydrogen-bond donors (Lipinski definition) is 1. The number of carboxylic acid groups (broad SMARTS) is 1. The molecule has 1 aromatic rings. The number of nitrogens with zero attached hydrogens (tertiary/aromatic N) is 2. The van der Waals surface area contributed by atoms with Crippen LogP contribution in [0.2, 0.25) is 0 Å². The lowest BCUT2D eigenvalue weighted by Gasteiger charge is -2.32. The second-order valence-electron chi connectivity index (χ2n) is 9.88. The summed E-state index contributed by atoms with van der Waals surface area (Å²) in [5, 5.41) is 9.45. The Balaban J connectivity index is 2.06. The Morgan fingerprint density at radius 1 is 1.17 bits per heavy atom. The average Bonchev–Trinajstić information content (AvgIpc) is 3.30. The van der Waals surface area contributed by atoms with E-state index < -0.39 is 43.6 Å². The molecule has 10 heteroatoms. The van der Waals surface area contributed by atoms with Crippen LogP contribution in [0.3, 0.4) is 0 Å². The second kappa shape index (κ2) is 13.1. The first-order chi connectivity index (χ1) is 16.5. The Morgan fingerprint density at radius 2 is 1.86 bits per heavy atom. The normalized spacial score (nSPS) is 17.6. The van der Waals surface area contributed by atoms with Crippen LogP contribution in [-0.2, 0) is 29.8 Å². The number of likely N-dealkylation sites (tertiary alicyclic amines) is 1. The maximum absolute atomic E-state index is 13.8. The van der Waals surface area contributed by atoms with Gasteiger partial charge in [-0.15, -0.1) is 0 Å². The summed E-state index contributed by atoms with van der Waals surface area (Å²) >= 11 is 0. The summed E-state index contributed by atoms with van der Waals surface area (Å²) in [5.74, 6) is -1.51. The highest BCUT2D eigenvalue weighted by molar-refractivity contribution is 7.58. The summed E-state index contributed by atoms with van der Waals surface area (Å²) < 4.78 is 24.6. The third kappa shape index (κ3) is 8.97. The van der Waals surface area contributed by atoms with Crippen molar-refractivity contribution in [2.24, 2.45) is 5.41 Å². The van der Waals surface area contributed by atoms with Gasteiger partial charge in [-0.05, 0) is 65.4 Å². The molecule has 1 aliphatic rings. The molecule has 1 fully saturated rings. The van der Waals surface area contributed by atoms with Crippen LogP contribution in [0, 0.1) is 5.41 Å². The topological polar surface area (TPSA) is 113 Å². The molecule has 1 aliphatic heterocycles. The van der Waals surface area contributed by atoms with Crippen molar-refractivity contribution in [3.63, 3.8) is 0 Å². The number of ether oxygens (including phenoxy) is 1. The van der Waals surface area contributed by atoms with Gasteiger partial charge in [0.15, 0.2) is 6.79 Å². The first-order valence-corrected chi connectivity index (χ1v) is 14.2. The van der Waals surface area contributed by atoms with E-state index in [-0.39, 0.29) is 19.0 Å². The van der Waals surface area contributed by atoms with Crippen LogP contribution in [-0.4, -0.2) is 71.2 Å². The van der Waals surface area contributed by atoms with Crippen molar-refractivity contribution in [3.8, 4) is 0 Å². The van der Waals surface area contributed by atoms with E-state index in [9.17, 15) is 24.1 Å². The van der Waals surface area contributed by atoms with Gasteiger partial charge >= 0.3 is 18.0 Å². The molecule has 2 rings (SSSR count). The van der Waals surface area contributed by atoms with E-state index in [1.54, 1.807) is 27.7 Å². The first-order valence-electron chi connectivity index (χ1n) is 12.2. The number of aryl methyl sites for hydroxylation is 1. The Labute approximate surface area is 208 Å². The molecule has 1 unspecified atom stereocenters. The average molecular weight is 511 g/mol. The zero-order valence-electron chi connectivity index (χ0n) is 21.3. The van der Waals surface area contributed by atoms with Crippen molar-refractivity contribution in [1.82, 2.24) is 9.80 Å². The molecular formula is C25H39N2O7P. The molecule has 2 atom stereocenters. The van der Waals surface area contributed by atoms with Gasteiger partial charge in [-0.3, -0.25) is 13.9 Å². The Hall–Kier alpha value is -2.38. The standard InChI is InChI=1S/C25H39N2O7P/c1-5-26(24(31)27-16-11-15-21(27)22(28)29)18-35(32,34-19-33-23(30)25(2,3)4)17-10-9-14-20-12-7-6-8-13-20/h6-8,12-13,21H,5,9-11,14-19H2,1-4H3,(H,28,29)/t21-,35?/m0/s1. The summed E-state index contributed by atoms with van der Waals surface area (Å²) in [6, 6.07) is 8.63. The second-order valence-corrected chi connectivity index (χ2v) is 12.5. The monoisotopic (exact) mass is 510 g/mol. The highest BCUT2D eigenvalue weighted by Gasteiger charge is 2.38. The smallest absolute Gasteiger partial charge is 0.326 e. The van der Waals surface area contributed by atoms with Crippen LogP contribution in [0.5, 0.6) is 0 Å². The van der Waals surface area contributed by atoms with E-state index in [4.69, 9.17) is 9.26 Å². The largest absolute Gasteiger partial charge is 0.480 e. The van der Waals surface area contributed by atoms with E-state index in [1.807, 2.05) is 30.3 Å². The van der Waals surface area contributed by atoms with Crippen molar-refractivity contribution >= 4 is 25.3 Å². The molecule has 35 heavy (non-hydrogen) atoms. The van der Waals surface area contributed by atoms with E-state index in [2.05, 4.69) is 0 Å². The number of aliphatic carboxylic acids is 1. The molecule has 0 radical (unpaired) electrons. The van der Waals surface area contributed by atoms with Gasteiger partial charge in [-0.2, -0.15) is 0 Å². The molecule has 196 valence electrons. The van der Waals surface area contributed by atoms with Crippen LogP contribution < -0.4 is 0 Å². The van der Waals surface area contributed by atoms with Gasteiger partial charge in [0.05, 0.1) is 11.7 Å². The highest BCUT2D eigenvalue weighted by Crippen LogP contribution is 2.48. The SMILES string of the molecule is CCN(CP(=O)(CCCCc1ccccc1)OCOC(=O)C(C)(C)C)C(=O)N1CCC[C@H]1C(=O)O. The van der Waals surface area contributed by atoms with Crippen LogP contribution >= 0.6 is 7.37 Å². The fraction of sp³-hybridized carbons (Fsp3) is 0.640. The van der Waals surface area contributed by atoms with Gasteiger partial charge in [0.25, 0.3) is 0 Å². The predicted molar refractivity (Wildman–Crippen MR) is 133 cm³/mol. The molecule has 9 nitrogen and oxygen atoms in total. The molecule has 0 aliphatic carbocycles. The fourth-order valence-electron chi connectivity index (χ4n) is 3.88. The minimum Gasteiger partial charge on any atom is -0.480 e. The Morgan fingerprint density at radius 3 is 2.46 bits per heavy atom.